The Hall–Kier alpha value is -2.77. The van der Waals surface area contributed by atoms with Crippen LogP contribution in [0.25, 0.3) is 0 Å². The smallest absolute Gasteiger partial charge is 0.163 e. The third kappa shape index (κ3) is 5.73. The molecule has 0 radical (unpaired) electrons. The zero-order valence-electron chi connectivity index (χ0n) is 20.8. The molecule has 2 aromatic heterocycles. The van der Waals surface area contributed by atoms with Crippen molar-refractivity contribution in [1.29, 1.82) is 0 Å². The monoisotopic (exact) mass is 497 g/mol. The van der Waals surface area contributed by atoms with Crippen LogP contribution in [0.1, 0.15) is 64.6 Å². The number of piperidine rings is 1. The quantitative estimate of drug-likeness (QED) is 0.356. The average molecular weight is 498 g/mol. The Kier molecular flexibility index (Phi) is 7.87. The van der Waals surface area contributed by atoms with Gasteiger partial charge < -0.3 is 5.32 Å². The first-order chi connectivity index (χ1) is 16.8. The molecule has 1 fully saturated rings. The van der Waals surface area contributed by atoms with Gasteiger partial charge in [0.15, 0.2) is 11.6 Å². The number of benzene rings is 1. The van der Waals surface area contributed by atoms with E-state index < -0.39 is 0 Å². The van der Waals surface area contributed by atoms with Gasteiger partial charge in [0.05, 0.1) is 5.02 Å². The summed E-state index contributed by atoms with van der Waals surface area (Å²) in [5, 5.41) is 10.7. The van der Waals surface area contributed by atoms with E-state index in [1.165, 1.54) is 0 Å². The molecular weight excluding hydrogens is 465 g/mol. The summed E-state index contributed by atoms with van der Waals surface area (Å²) in [6, 6.07) is 7.09. The number of halogens is 2. The van der Waals surface area contributed by atoms with E-state index in [9.17, 15) is 9.18 Å². The lowest BCUT2D eigenvalue weighted by Gasteiger charge is -2.32. The van der Waals surface area contributed by atoms with Crippen LogP contribution < -0.4 is 5.32 Å². The van der Waals surface area contributed by atoms with Gasteiger partial charge in [0.1, 0.15) is 11.6 Å². The number of anilines is 2. The molecule has 3 aromatic rings. The molecule has 35 heavy (non-hydrogen) atoms. The van der Waals surface area contributed by atoms with Gasteiger partial charge in [-0.25, -0.2) is 9.37 Å². The van der Waals surface area contributed by atoms with Crippen molar-refractivity contribution >= 4 is 29.0 Å². The predicted molar refractivity (Wildman–Crippen MR) is 138 cm³/mol. The minimum absolute atomic E-state index is 0.128. The number of Topliss-reactive ketones (excluding diaryl/α,β-unsaturated/α-hetero) is 1. The van der Waals surface area contributed by atoms with E-state index in [4.69, 9.17) is 16.6 Å². The molecule has 1 saturated heterocycles. The molecule has 0 saturated carbocycles. The molecule has 0 unspecified atom stereocenters. The molecule has 186 valence electrons. The first-order valence-electron chi connectivity index (χ1n) is 12.2. The average Bonchev–Trinajstić information content (AvgIpc) is 3.25. The molecule has 1 aromatic carbocycles. The number of aromatic nitrogens is 3. The Bertz CT molecular complexity index is 1220. The van der Waals surface area contributed by atoms with Gasteiger partial charge in [-0.05, 0) is 70.7 Å². The molecule has 0 aliphatic carbocycles. The number of hydrogen-bond acceptors (Lipinski definition) is 5. The number of carbonyl (C=O) groups is 1. The molecule has 3 heterocycles. The zero-order chi connectivity index (χ0) is 25.1. The summed E-state index contributed by atoms with van der Waals surface area (Å²) in [7, 11) is 0. The zero-order valence-corrected chi connectivity index (χ0v) is 21.6. The minimum Gasteiger partial charge on any atom is -0.323 e. The van der Waals surface area contributed by atoms with Gasteiger partial charge in [-0.3, -0.25) is 14.8 Å². The standard InChI is InChI=1S/C27H33ClFN5O/c1-5-23(35)25-17(3)22(30-27(18(25)4)31-24-13-16(2)32-33-24)14-19-9-11-34(12-10-19)15-20-7-6-8-21(28)26(20)29/h6-8,13,19H,5,9-12,14-15H2,1-4H3,(H2,30,31,32,33). The van der Waals surface area contributed by atoms with Gasteiger partial charge in [0, 0.05) is 47.1 Å². The number of carbonyl (C=O) groups excluding carboxylic acids is 1. The summed E-state index contributed by atoms with van der Waals surface area (Å²) in [6.45, 7) is 10.1. The molecule has 1 aliphatic heterocycles. The molecule has 0 bridgehead atoms. The van der Waals surface area contributed by atoms with Crippen LogP contribution in [-0.2, 0) is 13.0 Å². The number of hydrogen-bond donors (Lipinski definition) is 2. The molecule has 0 atom stereocenters. The van der Waals surface area contributed by atoms with Gasteiger partial charge >= 0.3 is 0 Å². The molecule has 6 nitrogen and oxygen atoms in total. The van der Waals surface area contributed by atoms with Crippen molar-refractivity contribution in [2.24, 2.45) is 5.92 Å². The normalized spacial score (nSPS) is 14.9. The highest BCUT2D eigenvalue weighted by atomic mass is 35.5. The van der Waals surface area contributed by atoms with Crippen molar-refractivity contribution in [3.8, 4) is 0 Å². The molecule has 8 heteroatoms. The third-order valence-corrected chi connectivity index (χ3v) is 7.24. The summed E-state index contributed by atoms with van der Waals surface area (Å²) in [4.78, 5) is 20.1. The number of rotatable bonds is 8. The number of nitrogens with zero attached hydrogens (tertiary/aromatic N) is 3. The Morgan fingerprint density at radius 2 is 1.97 bits per heavy atom. The van der Waals surface area contributed by atoms with Crippen molar-refractivity contribution in [2.75, 3.05) is 18.4 Å². The summed E-state index contributed by atoms with van der Waals surface area (Å²) in [6.07, 6.45) is 3.25. The van der Waals surface area contributed by atoms with Crippen LogP contribution in [-0.4, -0.2) is 39.0 Å². The van der Waals surface area contributed by atoms with Crippen molar-refractivity contribution in [3.63, 3.8) is 0 Å². The molecule has 1 aliphatic rings. The Balaban J connectivity index is 1.50. The van der Waals surface area contributed by atoms with Gasteiger partial charge in [-0.2, -0.15) is 5.10 Å². The van der Waals surface area contributed by atoms with Crippen LogP contribution in [0.3, 0.4) is 0 Å². The number of aromatic amines is 1. The second kappa shape index (κ2) is 10.9. The number of H-pyrrole nitrogens is 1. The predicted octanol–water partition coefficient (Wildman–Crippen LogP) is 6.31. The van der Waals surface area contributed by atoms with Gasteiger partial charge in [-0.15, -0.1) is 0 Å². The highest BCUT2D eigenvalue weighted by Gasteiger charge is 2.25. The van der Waals surface area contributed by atoms with Crippen molar-refractivity contribution < 1.29 is 9.18 Å². The van der Waals surface area contributed by atoms with Crippen LogP contribution in [0.5, 0.6) is 0 Å². The second-order valence-electron chi connectivity index (χ2n) is 9.51. The largest absolute Gasteiger partial charge is 0.323 e. The molecule has 0 amide bonds. The summed E-state index contributed by atoms with van der Waals surface area (Å²) < 4.78 is 14.3. The second-order valence-corrected chi connectivity index (χ2v) is 9.91. The number of likely N-dealkylation sites (tertiary alicyclic amines) is 1. The Labute approximate surface area is 211 Å². The third-order valence-electron chi connectivity index (χ3n) is 6.95. The lowest BCUT2D eigenvalue weighted by atomic mass is 9.88. The van der Waals surface area contributed by atoms with Crippen LogP contribution in [0, 0.1) is 32.5 Å². The maximum Gasteiger partial charge on any atom is 0.163 e. The van der Waals surface area contributed by atoms with Crippen LogP contribution >= 0.6 is 11.6 Å². The highest BCUT2D eigenvalue weighted by molar-refractivity contribution is 6.30. The fraction of sp³-hybridized carbons (Fsp3) is 0.444. The maximum absolute atomic E-state index is 14.3. The lowest BCUT2D eigenvalue weighted by molar-refractivity contribution is 0.0986. The topological polar surface area (TPSA) is 73.9 Å². The SMILES string of the molecule is CCC(=O)c1c(C)c(CC2CCN(Cc3cccc(Cl)c3F)CC2)nc(Nc2cc(C)[nH]n2)c1C. The van der Waals surface area contributed by atoms with E-state index in [1.54, 1.807) is 18.2 Å². The molecule has 4 rings (SSSR count). The van der Waals surface area contributed by atoms with E-state index in [-0.39, 0.29) is 16.6 Å². The fourth-order valence-electron chi connectivity index (χ4n) is 4.90. The maximum atomic E-state index is 14.3. The molecule has 0 spiro atoms. The number of pyridine rings is 1. The number of ketones is 1. The summed E-state index contributed by atoms with van der Waals surface area (Å²) in [5.74, 6) is 1.63. The van der Waals surface area contributed by atoms with E-state index in [2.05, 4.69) is 20.4 Å². The first-order valence-corrected chi connectivity index (χ1v) is 12.6. The van der Waals surface area contributed by atoms with E-state index in [1.807, 2.05) is 33.8 Å². The summed E-state index contributed by atoms with van der Waals surface area (Å²) in [5.41, 5.74) is 5.15. The first kappa shape index (κ1) is 25.3. The minimum atomic E-state index is -0.323. The van der Waals surface area contributed by atoms with Crippen LogP contribution in [0.4, 0.5) is 16.0 Å². The number of nitrogens with one attached hydrogen (secondary N) is 2. The number of aryl methyl sites for hydroxylation is 1. The van der Waals surface area contributed by atoms with Gasteiger partial charge in [0.25, 0.3) is 0 Å². The van der Waals surface area contributed by atoms with Crippen molar-refractivity contribution in [2.45, 2.75) is 59.9 Å². The van der Waals surface area contributed by atoms with Crippen molar-refractivity contribution in [1.82, 2.24) is 20.1 Å². The van der Waals surface area contributed by atoms with E-state index in [0.717, 1.165) is 60.4 Å². The molecule has 2 N–H and O–H groups in total. The van der Waals surface area contributed by atoms with Crippen molar-refractivity contribution in [3.05, 3.63) is 68.7 Å². The van der Waals surface area contributed by atoms with E-state index in [0.29, 0.717) is 36.1 Å². The fourth-order valence-corrected chi connectivity index (χ4v) is 5.09. The lowest BCUT2D eigenvalue weighted by Crippen LogP contribution is -2.34. The Morgan fingerprint density at radius 3 is 2.63 bits per heavy atom. The van der Waals surface area contributed by atoms with Crippen LogP contribution in [0.15, 0.2) is 24.3 Å². The Morgan fingerprint density at radius 1 is 1.23 bits per heavy atom. The van der Waals surface area contributed by atoms with Gasteiger partial charge in [-0.1, -0.05) is 30.7 Å². The highest BCUT2D eigenvalue weighted by Crippen LogP contribution is 2.30. The molecular formula is C27H33ClFN5O. The van der Waals surface area contributed by atoms with Gasteiger partial charge in [0.2, 0.25) is 0 Å². The summed E-state index contributed by atoms with van der Waals surface area (Å²) >= 11 is 5.95. The van der Waals surface area contributed by atoms with Crippen LogP contribution in [0.2, 0.25) is 5.02 Å². The van der Waals surface area contributed by atoms with E-state index >= 15 is 0 Å².